The number of hydrazone groups is 1. The van der Waals surface area contributed by atoms with E-state index in [2.05, 4.69) is 15.6 Å². The van der Waals surface area contributed by atoms with E-state index in [0.29, 0.717) is 12.3 Å². The van der Waals surface area contributed by atoms with E-state index in [1.54, 1.807) is 42.3 Å². The third-order valence-electron chi connectivity index (χ3n) is 3.87. The van der Waals surface area contributed by atoms with Gasteiger partial charge in [-0.1, -0.05) is 24.3 Å². The SMILES string of the molecule is COc1ccccc1C=NNC(=O)c1ccn(Cc2ccc([N+](=O)[O-])cc2)n1. The van der Waals surface area contributed by atoms with Gasteiger partial charge in [0, 0.05) is 23.9 Å². The molecule has 1 heterocycles. The normalized spacial score (nSPS) is 10.8. The molecule has 0 aliphatic rings. The van der Waals surface area contributed by atoms with Crippen molar-refractivity contribution in [1.29, 1.82) is 0 Å². The molecule has 142 valence electrons. The molecule has 2 aromatic carbocycles. The Morgan fingerprint density at radius 1 is 1.25 bits per heavy atom. The molecule has 0 fully saturated rings. The third kappa shape index (κ3) is 4.58. The first-order chi connectivity index (χ1) is 13.6. The van der Waals surface area contributed by atoms with Crippen LogP contribution < -0.4 is 10.2 Å². The first kappa shape index (κ1) is 18.8. The summed E-state index contributed by atoms with van der Waals surface area (Å²) in [6.07, 6.45) is 3.14. The van der Waals surface area contributed by atoms with E-state index in [1.165, 1.54) is 18.3 Å². The molecule has 0 aliphatic heterocycles. The molecule has 0 saturated carbocycles. The number of hydrogen-bond donors (Lipinski definition) is 1. The third-order valence-corrected chi connectivity index (χ3v) is 3.87. The van der Waals surface area contributed by atoms with E-state index in [4.69, 9.17) is 4.74 Å². The number of nitro groups is 1. The lowest BCUT2D eigenvalue weighted by molar-refractivity contribution is -0.384. The Morgan fingerprint density at radius 2 is 2.00 bits per heavy atom. The number of ether oxygens (including phenoxy) is 1. The first-order valence-electron chi connectivity index (χ1n) is 8.30. The van der Waals surface area contributed by atoms with Gasteiger partial charge in [0.25, 0.3) is 11.6 Å². The molecule has 3 rings (SSSR count). The van der Waals surface area contributed by atoms with Crippen molar-refractivity contribution in [2.24, 2.45) is 5.10 Å². The van der Waals surface area contributed by atoms with E-state index in [-0.39, 0.29) is 11.4 Å². The summed E-state index contributed by atoms with van der Waals surface area (Å²) >= 11 is 0. The highest BCUT2D eigenvalue weighted by molar-refractivity contribution is 5.93. The number of non-ortho nitro benzene ring substituents is 1. The summed E-state index contributed by atoms with van der Waals surface area (Å²) in [6.45, 7) is 0.385. The van der Waals surface area contributed by atoms with Gasteiger partial charge in [-0.25, -0.2) is 5.43 Å². The number of rotatable bonds is 7. The fourth-order valence-electron chi connectivity index (χ4n) is 2.47. The number of hydrogen-bond acceptors (Lipinski definition) is 6. The Hall–Kier alpha value is -4.01. The zero-order valence-electron chi connectivity index (χ0n) is 15.0. The van der Waals surface area contributed by atoms with E-state index in [9.17, 15) is 14.9 Å². The maximum atomic E-state index is 12.2. The number of nitrogens with one attached hydrogen (secondary N) is 1. The molecule has 3 aromatic rings. The molecule has 9 heteroatoms. The molecule has 0 aliphatic carbocycles. The monoisotopic (exact) mass is 379 g/mol. The van der Waals surface area contributed by atoms with Crippen LogP contribution in [0, 0.1) is 10.1 Å². The van der Waals surface area contributed by atoms with Gasteiger partial charge in [0.15, 0.2) is 5.69 Å². The lowest BCUT2D eigenvalue weighted by Crippen LogP contribution is -2.18. The summed E-state index contributed by atoms with van der Waals surface area (Å²) < 4.78 is 6.78. The van der Waals surface area contributed by atoms with E-state index >= 15 is 0 Å². The van der Waals surface area contributed by atoms with Crippen LogP contribution in [0.3, 0.4) is 0 Å². The smallest absolute Gasteiger partial charge is 0.291 e. The number of amides is 1. The second-order valence-corrected chi connectivity index (χ2v) is 5.76. The Labute approximate surface area is 160 Å². The Morgan fingerprint density at radius 3 is 2.71 bits per heavy atom. The highest BCUT2D eigenvalue weighted by atomic mass is 16.6. The molecule has 28 heavy (non-hydrogen) atoms. The number of nitrogens with zero attached hydrogens (tertiary/aromatic N) is 4. The van der Waals surface area contributed by atoms with Gasteiger partial charge >= 0.3 is 0 Å². The summed E-state index contributed by atoms with van der Waals surface area (Å²) in [5.41, 5.74) is 4.21. The van der Waals surface area contributed by atoms with Crippen LogP contribution in [0.1, 0.15) is 21.6 Å². The molecule has 0 unspecified atom stereocenters. The maximum Gasteiger partial charge on any atom is 0.291 e. The van der Waals surface area contributed by atoms with Crippen molar-refractivity contribution in [1.82, 2.24) is 15.2 Å². The average molecular weight is 379 g/mol. The minimum absolute atomic E-state index is 0.0252. The van der Waals surface area contributed by atoms with Crippen molar-refractivity contribution in [2.45, 2.75) is 6.54 Å². The molecular weight excluding hydrogens is 362 g/mol. The van der Waals surface area contributed by atoms with Crippen molar-refractivity contribution in [3.8, 4) is 5.75 Å². The lowest BCUT2D eigenvalue weighted by Gasteiger charge is -2.03. The van der Waals surface area contributed by atoms with E-state index in [0.717, 1.165) is 11.1 Å². The Balaban J connectivity index is 1.60. The molecular formula is C19H17N5O4. The van der Waals surface area contributed by atoms with Crippen molar-refractivity contribution >= 4 is 17.8 Å². The highest BCUT2D eigenvalue weighted by Crippen LogP contribution is 2.15. The second kappa shape index (κ2) is 8.58. The van der Waals surface area contributed by atoms with Gasteiger partial charge in [0.1, 0.15) is 5.75 Å². The van der Waals surface area contributed by atoms with Gasteiger partial charge in [-0.05, 0) is 23.8 Å². The van der Waals surface area contributed by atoms with Gasteiger partial charge < -0.3 is 4.74 Å². The van der Waals surface area contributed by atoms with Crippen molar-refractivity contribution in [3.05, 3.63) is 87.7 Å². The minimum atomic E-state index is -0.453. The number of benzene rings is 2. The van der Waals surface area contributed by atoms with Crippen LogP contribution in [0.25, 0.3) is 0 Å². The largest absolute Gasteiger partial charge is 0.496 e. The molecule has 1 aromatic heterocycles. The summed E-state index contributed by atoms with van der Waals surface area (Å²) in [5.74, 6) is 0.196. The lowest BCUT2D eigenvalue weighted by atomic mass is 10.2. The van der Waals surface area contributed by atoms with E-state index < -0.39 is 10.8 Å². The highest BCUT2D eigenvalue weighted by Gasteiger charge is 2.10. The van der Waals surface area contributed by atoms with Crippen molar-refractivity contribution in [3.63, 3.8) is 0 Å². The number of carbonyl (C=O) groups excluding carboxylic acids is 1. The molecule has 0 radical (unpaired) electrons. The van der Waals surface area contributed by atoms with Crippen molar-refractivity contribution in [2.75, 3.05) is 7.11 Å². The average Bonchev–Trinajstić information content (AvgIpc) is 3.17. The van der Waals surface area contributed by atoms with Crippen LogP contribution in [0.4, 0.5) is 5.69 Å². The van der Waals surface area contributed by atoms with Gasteiger partial charge in [-0.2, -0.15) is 10.2 Å². The predicted molar refractivity (Wildman–Crippen MR) is 102 cm³/mol. The molecule has 0 saturated heterocycles. The first-order valence-corrected chi connectivity index (χ1v) is 8.30. The van der Waals surface area contributed by atoms with Gasteiger partial charge in [0.05, 0.1) is 24.8 Å². The Kier molecular flexibility index (Phi) is 5.75. The number of para-hydroxylation sites is 1. The maximum absolute atomic E-state index is 12.2. The molecule has 1 amide bonds. The Bertz CT molecular complexity index is 1010. The quantitative estimate of drug-likeness (QED) is 0.385. The summed E-state index contributed by atoms with van der Waals surface area (Å²) in [7, 11) is 1.56. The standard InChI is InChI=1S/C19H17N5O4/c1-28-18-5-3-2-4-15(18)12-20-21-19(25)17-10-11-23(22-17)13-14-6-8-16(9-7-14)24(26)27/h2-12H,13H2,1H3,(H,21,25). The summed E-state index contributed by atoms with van der Waals surface area (Å²) in [5, 5.41) is 18.8. The molecule has 0 atom stereocenters. The second-order valence-electron chi connectivity index (χ2n) is 5.76. The number of methoxy groups -OCH3 is 1. The number of carbonyl (C=O) groups is 1. The minimum Gasteiger partial charge on any atom is -0.496 e. The zero-order valence-corrected chi connectivity index (χ0v) is 15.0. The molecule has 0 spiro atoms. The number of nitro benzene ring substituents is 1. The summed E-state index contributed by atoms with van der Waals surface area (Å²) in [6, 6.07) is 15.0. The predicted octanol–water partition coefficient (Wildman–Crippen LogP) is 2.61. The van der Waals surface area contributed by atoms with Crippen LogP contribution in [-0.4, -0.2) is 33.9 Å². The topological polar surface area (TPSA) is 112 Å². The van der Waals surface area contributed by atoms with Gasteiger partial charge in [-0.3, -0.25) is 19.6 Å². The fraction of sp³-hybridized carbons (Fsp3) is 0.105. The van der Waals surface area contributed by atoms with Crippen LogP contribution in [0.5, 0.6) is 5.75 Å². The zero-order chi connectivity index (χ0) is 19.9. The van der Waals surface area contributed by atoms with Crippen molar-refractivity contribution < 1.29 is 14.5 Å². The van der Waals surface area contributed by atoms with Gasteiger partial charge in [0.2, 0.25) is 0 Å². The van der Waals surface area contributed by atoms with Crippen LogP contribution in [-0.2, 0) is 6.54 Å². The van der Waals surface area contributed by atoms with Gasteiger partial charge in [-0.15, -0.1) is 0 Å². The number of aromatic nitrogens is 2. The van der Waals surface area contributed by atoms with Crippen LogP contribution in [0.15, 0.2) is 65.9 Å². The molecule has 0 bridgehead atoms. The molecule has 9 nitrogen and oxygen atoms in total. The van der Waals surface area contributed by atoms with E-state index in [1.807, 2.05) is 18.2 Å². The van der Waals surface area contributed by atoms with Crippen LogP contribution >= 0.6 is 0 Å². The van der Waals surface area contributed by atoms with Crippen LogP contribution in [0.2, 0.25) is 0 Å². The fourth-order valence-corrected chi connectivity index (χ4v) is 2.47. The summed E-state index contributed by atoms with van der Waals surface area (Å²) in [4.78, 5) is 22.4. The molecule has 1 N–H and O–H groups in total.